The Hall–Kier alpha value is -0.610. The van der Waals surface area contributed by atoms with Gasteiger partial charge in [0.25, 0.3) is 0 Å². The van der Waals surface area contributed by atoms with Crippen LogP contribution in [0.5, 0.6) is 0 Å². The number of aliphatic hydroxyl groups is 1. The minimum Gasteiger partial charge on any atom is -0.544 e. The van der Waals surface area contributed by atoms with E-state index < -0.39 is 18.1 Å². The monoisotopic (exact) mass is 357 g/mol. The van der Waals surface area contributed by atoms with Crippen LogP contribution < -0.4 is 5.11 Å². The fourth-order valence-electron chi connectivity index (χ4n) is 3.73. The molecule has 0 radical (unpaired) electrons. The van der Waals surface area contributed by atoms with E-state index in [4.69, 9.17) is 0 Å². The van der Waals surface area contributed by atoms with E-state index in [1.54, 1.807) is 6.92 Å². The molecule has 2 atom stereocenters. The summed E-state index contributed by atoms with van der Waals surface area (Å²) in [5, 5.41) is 22.3. The van der Waals surface area contributed by atoms with Crippen molar-refractivity contribution in [2.45, 2.75) is 110 Å². The fraction of sp³-hybridized carbons (Fsp3) is 0.952. The van der Waals surface area contributed by atoms with Crippen LogP contribution in [0.2, 0.25) is 0 Å². The number of rotatable bonds is 17. The standard InChI is InChI=1S/C21H43NO3/c1-5-8-11-12-15-20(23)18-22(16-13-9-6-2,17-14-10-7-3)19(4)21(24)25/h19-20,23H,5-18H2,1-4H3. The van der Waals surface area contributed by atoms with Gasteiger partial charge in [-0.05, 0) is 39.0 Å². The number of hydrogen-bond acceptors (Lipinski definition) is 3. The smallest absolute Gasteiger partial charge is 0.126 e. The van der Waals surface area contributed by atoms with Gasteiger partial charge in [-0.25, -0.2) is 0 Å². The molecule has 25 heavy (non-hydrogen) atoms. The van der Waals surface area contributed by atoms with E-state index >= 15 is 0 Å². The van der Waals surface area contributed by atoms with Crippen LogP contribution in [0, 0.1) is 0 Å². The van der Waals surface area contributed by atoms with E-state index in [0.717, 1.165) is 70.9 Å². The second kappa shape index (κ2) is 14.5. The van der Waals surface area contributed by atoms with Crippen molar-refractivity contribution in [3.63, 3.8) is 0 Å². The first kappa shape index (κ1) is 24.4. The molecule has 0 aromatic rings. The molecule has 1 N–H and O–H groups in total. The number of carbonyl (C=O) groups is 1. The first-order chi connectivity index (χ1) is 11.9. The lowest BCUT2D eigenvalue weighted by Gasteiger charge is -2.45. The van der Waals surface area contributed by atoms with Gasteiger partial charge in [0.05, 0.1) is 19.1 Å². The number of quaternary nitrogens is 1. The van der Waals surface area contributed by atoms with Crippen molar-refractivity contribution >= 4 is 5.97 Å². The number of aliphatic hydroxyl groups excluding tert-OH is 1. The quantitative estimate of drug-likeness (QED) is 0.319. The Balaban J connectivity index is 5.02. The number of nitrogens with zero attached hydrogens (tertiary/aromatic N) is 1. The third kappa shape index (κ3) is 10.2. The Morgan fingerprint density at radius 2 is 1.36 bits per heavy atom. The molecule has 0 bridgehead atoms. The number of aliphatic carboxylic acids is 1. The maximum Gasteiger partial charge on any atom is 0.126 e. The summed E-state index contributed by atoms with van der Waals surface area (Å²) in [6.45, 7) is 10.5. The summed E-state index contributed by atoms with van der Waals surface area (Å²) in [5.41, 5.74) is 0. The SMILES string of the molecule is CCCCCCC(O)C[N+](CCCCC)(CCCCC)C(C)C(=O)[O-]. The van der Waals surface area contributed by atoms with Crippen molar-refractivity contribution in [1.29, 1.82) is 0 Å². The van der Waals surface area contributed by atoms with Gasteiger partial charge in [-0.1, -0.05) is 59.3 Å². The molecule has 0 heterocycles. The van der Waals surface area contributed by atoms with Crippen LogP contribution in [0.15, 0.2) is 0 Å². The minimum absolute atomic E-state index is 0.415. The summed E-state index contributed by atoms with van der Waals surface area (Å²) in [4.78, 5) is 11.7. The van der Waals surface area contributed by atoms with E-state index in [1.165, 1.54) is 12.8 Å². The molecule has 150 valence electrons. The summed E-state index contributed by atoms with van der Waals surface area (Å²) < 4.78 is 0.483. The van der Waals surface area contributed by atoms with Gasteiger partial charge in [0.15, 0.2) is 0 Å². The maximum atomic E-state index is 11.7. The average molecular weight is 358 g/mol. The van der Waals surface area contributed by atoms with Crippen molar-refractivity contribution in [2.75, 3.05) is 19.6 Å². The predicted octanol–water partition coefficient (Wildman–Crippen LogP) is 3.65. The molecule has 0 aliphatic heterocycles. The largest absolute Gasteiger partial charge is 0.544 e. The molecular formula is C21H43NO3. The summed E-state index contributed by atoms with van der Waals surface area (Å²) in [6.07, 6.45) is 11.4. The topological polar surface area (TPSA) is 60.4 Å². The lowest BCUT2D eigenvalue weighted by atomic mass is 10.0. The Bertz CT molecular complexity index is 323. The second-order valence-corrected chi connectivity index (χ2v) is 7.76. The zero-order valence-electron chi connectivity index (χ0n) is 17.3. The van der Waals surface area contributed by atoms with Crippen molar-refractivity contribution in [2.24, 2.45) is 0 Å². The molecule has 0 saturated heterocycles. The zero-order chi connectivity index (χ0) is 19.1. The van der Waals surface area contributed by atoms with Gasteiger partial charge >= 0.3 is 0 Å². The number of unbranched alkanes of at least 4 members (excludes halogenated alkanes) is 7. The van der Waals surface area contributed by atoms with Crippen LogP contribution >= 0.6 is 0 Å². The maximum absolute atomic E-state index is 11.7. The number of hydrogen-bond donors (Lipinski definition) is 1. The van der Waals surface area contributed by atoms with Crippen LogP contribution in [0.3, 0.4) is 0 Å². The van der Waals surface area contributed by atoms with Crippen molar-refractivity contribution in [3.8, 4) is 0 Å². The molecule has 0 aliphatic rings. The Morgan fingerprint density at radius 1 is 0.880 bits per heavy atom. The van der Waals surface area contributed by atoms with E-state index in [1.807, 2.05) is 0 Å². The first-order valence-electron chi connectivity index (χ1n) is 10.7. The van der Waals surface area contributed by atoms with E-state index in [0.29, 0.717) is 11.0 Å². The lowest BCUT2D eigenvalue weighted by molar-refractivity contribution is -0.946. The third-order valence-electron chi connectivity index (χ3n) is 5.54. The van der Waals surface area contributed by atoms with Crippen LogP contribution in [0.4, 0.5) is 0 Å². The predicted molar refractivity (Wildman–Crippen MR) is 103 cm³/mol. The summed E-state index contributed by atoms with van der Waals surface area (Å²) in [6, 6.07) is -0.556. The van der Waals surface area contributed by atoms with Gasteiger partial charge in [0.2, 0.25) is 0 Å². The second-order valence-electron chi connectivity index (χ2n) is 7.76. The lowest BCUT2D eigenvalue weighted by Crippen LogP contribution is -2.63. The number of carboxylic acids is 1. The van der Waals surface area contributed by atoms with Crippen LogP contribution in [-0.2, 0) is 4.79 Å². The van der Waals surface area contributed by atoms with E-state index in [2.05, 4.69) is 20.8 Å². The van der Waals surface area contributed by atoms with Gasteiger partial charge in [0.1, 0.15) is 18.7 Å². The first-order valence-corrected chi connectivity index (χ1v) is 10.7. The third-order valence-corrected chi connectivity index (χ3v) is 5.54. The molecular weight excluding hydrogens is 314 g/mol. The van der Waals surface area contributed by atoms with Gasteiger partial charge in [-0.2, -0.15) is 0 Å². The molecule has 0 aromatic carbocycles. The normalized spacial score (nSPS) is 14.4. The molecule has 4 nitrogen and oxygen atoms in total. The van der Waals surface area contributed by atoms with Crippen molar-refractivity contribution in [3.05, 3.63) is 0 Å². The van der Waals surface area contributed by atoms with Gasteiger partial charge in [0, 0.05) is 0 Å². The van der Waals surface area contributed by atoms with E-state index in [9.17, 15) is 15.0 Å². The Labute approximate surface area is 156 Å². The molecule has 4 heteroatoms. The number of carboxylic acid groups (broad SMARTS) is 1. The summed E-state index contributed by atoms with van der Waals surface area (Å²) in [5.74, 6) is -0.980. The zero-order valence-corrected chi connectivity index (χ0v) is 17.3. The van der Waals surface area contributed by atoms with E-state index in [-0.39, 0.29) is 0 Å². The molecule has 0 saturated carbocycles. The molecule has 0 rings (SSSR count). The molecule has 0 fully saturated rings. The average Bonchev–Trinajstić information content (AvgIpc) is 2.58. The van der Waals surface area contributed by atoms with Gasteiger partial charge < -0.3 is 19.5 Å². The Morgan fingerprint density at radius 3 is 1.80 bits per heavy atom. The number of carbonyl (C=O) groups excluding carboxylic acids is 1. The highest BCUT2D eigenvalue weighted by molar-refractivity contribution is 5.69. The fourth-order valence-corrected chi connectivity index (χ4v) is 3.73. The molecule has 0 aromatic heterocycles. The van der Waals surface area contributed by atoms with Crippen molar-refractivity contribution < 1.29 is 19.5 Å². The molecule has 0 spiro atoms. The van der Waals surface area contributed by atoms with Gasteiger partial charge in [-0.3, -0.25) is 0 Å². The van der Waals surface area contributed by atoms with Crippen LogP contribution in [0.1, 0.15) is 98.3 Å². The summed E-state index contributed by atoms with van der Waals surface area (Å²) in [7, 11) is 0. The molecule has 2 unspecified atom stereocenters. The minimum atomic E-state index is -0.980. The summed E-state index contributed by atoms with van der Waals surface area (Å²) >= 11 is 0. The Kier molecular flexibility index (Phi) is 14.2. The van der Waals surface area contributed by atoms with Crippen LogP contribution in [-0.4, -0.2) is 47.3 Å². The van der Waals surface area contributed by atoms with Crippen molar-refractivity contribution in [1.82, 2.24) is 0 Å². The molecule has 0 aliphatic carbocycles. The highest BCUT2D eigenvalue weighted by atomic mass is 16.4. The van der Waals surface area contributed by atoms with Gasteiger partial charge in [-0.15, -0.1) is 0 Å². The molecule has 0 amide bonds. The highest BCUT2D eigenvalue weighted by Crippen LogP contribution is 2.21. The van der Waals surface area contributed by atoms with Crippen LogP contribution in [0.25, 0.3) is 0 Å². The highest BCUT2D eigenvalue weighted by Gasteiger charge is 2.36.